The third-order valence-electron chi connectivity index (χ3n) is 7.23. The highest BCUT2D eigenvalue weighted by Gasteiger charge is 2.33. The minimum atomic E-state index is -4.27. The van der Waals surface area contributed by atoms with E-state index in [0.717, 1.165) is 52.2 Å². The number of ether oxygens (including phenoxy) is 1. The highest BCUT2D eigenvalue weighted by atomic mass is 79.9. The molecular formula is C31H35BrFN3O5S. The number of hydrogen-bond donors (Lipinski definition) is 1. The van der Waals surface area contributed by atoms with Crippen molar-refractivity contribution in [1.82, 2.24) is 10.2 Å². The highest BCUT2D eigenvalue weighted by Crippen LogP contribution is 2.27. The van der Waals surface area contributed by atoms with E-state index in [-0.39, 0.29) is 29.1 Å². The molecule has 0 spiro atoms. The van der Waals surface area contributed by atoms with Crippen molar-refractivity contribution in [3.05, 3.63) is 88.6 Å². The Hall–Kier alpha value is -3.44. The second-order valence-corrected chi connectivity index (χ2v) is 13.0. The first-order chi connectivity index (χ1) is 20.1. The third-order valence-corrected chi connectivity index (χ3v) is 9.51. The number of nitrogens with zero attached hydrogens (tertiary/aromatic N) is 2. The zero-order valence-electron chi connectivity index (χ0n) is 23.6. The Bertz CT molecular complexity index is 1480. The molecule has 8 nitrogen and oxygen atoms in total. The molecule has 1 fully saturated rings. The Morgan fingerprint density at radius 1 is 1.05 bits per heavy atom. The predicted octanol–water partition coefficient (Wildman–Crippen LogP) is 5.66. The second-order valence-electron chi connectivity index (χ2n) is 10.2. The summed E-state index contributed by atoms with van der Waals surface area (Å²) in [5.41, 5.74) is 0.880. The third kappa shape index (κ3) is 7.89. The molecular weight excluding hydrogens is 625 g/mol. The minimum Gasteiger partial charge on any atom is -0.494 e. The number of rotatable bonds is 12. The van der Waals surface area contributed by atoms with Crippen LogP contribution in [0.2, 0.25) is 0 Å². The standard InChI is InChI=1S/C31H35BrFN3O5S/c1-3-41-28-15-17-29(18-16-28)42(39,40)36(27-13-11-25(33)12-14-27)21-30(37)35(20-23-7-6-8-24(32)19-23)22(2)31(38)34-26-9-4-5-10-26/h6-8,11-19,22,26H,3-5,9-10,20-21H2,1-2H3,(H,34,38)/t22-/m1/s1. The summed E-state index contributed by atoms with van der Waals surface area (Å²) in [6.45, 7) is 3.36. The molecule has 0 saturated heterocycles. The monoisotopic (exact) mass is 659 g/mol. The van der Waals surface area contributed by atoms with Gasteiger partial charge in [-0.05, 0) is 92.9 Å². The van der Waals surface area contributed by atoms with Crippen LogP contribution >= 0.6 is 15.9 Å². The zero-order chi connectivity index (χ0) is 30.3. The molecule has 0 aliphatic heterocycles. The predicted molar refractivity (Wildman–Crippen MR) is 163 cm³/mol. The van der Waals surface area contributed by atoms with Gasteiger partial charge in [0, 0.05) is 17.1 Å². The number of carbonyl (C=O) groups is 2. The molecule has 1 saturated carbocycles. The van der Waals surface area contributed by atoms with Gasteiger partial charge < -0.3 is 15.0 Å². The summed E-state index contributed by atoms with van der Waals surface area (Å²) in [6, 6.07) is 17.3. The van der Waals surface area contributed by atoms with Gasteiger partial charge in [0.15, 0.2) is 0 Å². The fourth-order valence-corrected chi connectivity index (χ4v) is 6.81. The van der Waals surface area contributed by atoms with E-state index < -0.39 is 34.3 Å². The molecule has 0 unspecified atom stereocenters. The fourth-order valence-electron chi connectivity index (χ4n) is 4.94. The first kappa shape index (κ1) is 31.5. The Labute approximate surface area is 255 Å². The van der Waals surface area contributed by atoms with Crippen molar-refractivity contribution in [2.24, 2.45) is 0 Å². The van der Waals surface area contributed by atoms with Crippen molar-refractivity contribution < 1.29 is 27.1 Å². The normalized spacial score (nSPS) is 14.3. The number of amides is 2. The maximum absolute atomic E-state index is 14.0. The number of anilines is 1. The van der Waals surface area contributed by atoms with Crippen LogP contribution in [0.15, 0.2) is 82.2 Å². The van der Waals surface area contributed by atoms with Gasteiger partial charge in [0.05, 0.1) is 17.2 Å². The van der Waals surface area contributed by atoms with E-state index in [9.17, 15) is 22.4 Å². The smallest absolute Gasteiger partial charge is 0.264 e. The van der Waals surface area contributed by atoms with Crippen LogP contribution in [0, 0.1) is 5.82 Å². The van der Waals surface area contributed by atoms with Gasteiger partial charge in [0.2, 0.25) is 11.8 Å². The summed E-state index contributed by atoms with van der Waals surface area (Å²) in [5.74, 6) is -0.920. The number of nitrogens with one attached hydrogen (secondary N) is 1. The van der Waals surface area contributed by atoms with Crippen molar-refractivity contribution in [1.29, 1.82) is 0 Å². The van der Waals surface area contributed by atoms with Crippen LogP contribution in [0.4, 0.5) is 10.1 Å². The summed E-state index contributed by atoms with van der Waals surface area (Å²) in [4.78, 5) is 28.6. The Morgan fingerprint density at radius 3 is 2.33 bits per heavy atom. The lowest BCUT2D eigenvalue weighted by Gasteiger charge is -2.32. The largest absolute Gasteiger partial charge is 0.494 e. The van der Waals surface area contributed by atoms with E-state index in [0.29, 0.717) is 12.4 Å². The minimum absolute atomic E-state index is 0.0542. The van der Waals surface area contributed by atoms with Crippen LogP contribution in [0.1, 0.15) is 45.1 Å². The summed E-state index contributed by atoms with van der Waals surface area (Å²) in [7, 11) is -4.27. The molecule has 4 rings (SSSR count). The maximum atomic E-state index is 14.0. The number of carbonyl (C=O) groups excluding carboxylic acids is 2. The molecule has 0 heterocycles. The van der Waals surface area contributed by atoms with Gasteiger partial charge in [0.1, 0.15) is 24.2 Å². The van der Waals surface area contributed by atoms with E-state index in [1.54, 1.807) is 6.92 Å². The van der Waals surface area contributed by atoms with Gasteiger partial charge in [-0.15, -0.1) is 0 Å². The molecule has 1 aliphatic rings. The molecule has 0 radical (unpaired) electrons. The Morgan fingerprint density at radius 2 is 1.71 bits per heavy atom. The highest BCUT2D eigenvalue weighted by molar-refractivity contribution is 9.10. The lowest BCUT2D eigenvalue weighted by molar-refractivity contribution is -0.139. The molecule has 224 valence electrons. The van der Waals surface area contributed by atoms with Gasteiger partial charge in [-0.1, -0.05) is 40.9 Å². The lowest BCUT2D eigenvalue weighted by Crippen LogP contribution is -2.52. The molecule has 42 heavy (non-hydrogen) atoms. The molecule has 1 atom stereocenters. The summed E-state index contributed by atoms with van der Waals surface area (Å²) < 4.78 is 48.8. The average molecular weight is 661 g/mol. The Kier molecular flexibility index (Phi) is 10.6. The van der Waals surface area contributed by atoms with Crippen LogP contribution in [0.25, 0.3) is 0 Å². The van der Waals surface area contributed by atoms with Crippen LogP contribution in [-0.4, -0.2) is 50.4 Å². The SMILES string of the molecule is CCOc1ccc(S(=O)(=O)N(CC(=O)N(Cc2cccc(Br)c2)[C@H](C)C(=O)NC2CCCC2)c2ccc(F)cc2)cc1. The average Bonchev–Trinajstić information content (AvgIpc) is 3.48. The summed E-state index contributed by atoms with van der Waals surface area (Å²) >= 11 is 3.45. The summed E-state index contributed by atoms with van der Waals surface area (Å²) in [5, 5.41) is 3.05. The van der Waals surface area contributed by atoms with Crippen LogP contribution in [-0.2, 0) is 26.2 Å². The van der Waals surface area contributed by atoms with Gasteiger partial charge in [0.25, 0.3) is 10.0 Å². The molecule has 0 bridgehead atoms. The van der Waals surface area contributed by atoms with Crippen LogP contribution < -0.4 is 14.4 Å². The van der Waals surface area contributed by atoms with E-state index >= 15 is 0 Å². The molecule has 1 aliphatic carbocycles. The van der Waals surface area contributed by atoms with Crippen molar-refractivity contribution >= 4 is 43.5 Å². The number of sulfonamides is 1. The first-order valence-electron chi connectivity index (χ1n) is 13.9. The van der Waals surface area contributed by atoms with Gasteiger partial charge in [-0.2, -0.15) is 0 Å². The lowest BCUT2D eigenvalue weighted by atomic mass is 10.1. The van der Waals surface area contributed by atoms with E-state index in [1.807, 2.05) is 31.2 Å². The molecule has 3 aromatic rings. The second kappa shape index (κ2) is 14.2. The fraction of sp³-hybridized carbons (Fsp3) is 0.355. The molecule has 3 aromatic carbocycles. The zero-order valence-corrected chi connectivity index (χ0v) is 26.0. The van der Waals surface area contributed by atoms with E-state index in [4.69, 9.17) is 4.74 Å². The Balaban J connectivity index is 1.67. The topological polar surface area (TPSA) is 96.0 Å². The molecule has 1 N–H and O–H groups in total. The number of halogens is 2. The van der Waals surface area contributed by atoms with E-state index in [2.05, 4.69) is 21.2 Å². The van der Waals surface area contributed by atoms with Gasteiger partial charge in [-0.3, -0.25) is 13.9 Å². The molecule has 11 heteroatoms. The number of benzene rings is 3. The van der Waals surface area contributed by atoms with Crippen molar-refractivity contribution in [2.75, 3.05) is 17.5 Å². The van der Waals surface area contributed by atoms with Crippen molar-refractivity contribution in [3.63, 3.8) is 0 Å². The number of hydrogen-bond acceptors (Lipinski definition) is 5. The maximum Gasteiger partial charge on any atom is 0.264 e. The summed E-state index contributed by atoms with van der Waals surface area (Å²) in [6.07, 6.45) is 3.85. The van der Waals surface area contributed by atoms with Crippen LogP contribution in [0.3, 0.4) is 0 Å². The van der Waals surface area contributed by atoms with Gasteiger partial charge in [-0.25, -0.2) is 12.8 Å². The van der Waals surface area contributed by atoms with E-state index in [1.165, 1.54) is 41.3 Å². The van der Waals surface area contributed by atoms with Crippen LogP contribution in [0.5, 0.6) is 5.75 Å². The van der Waals surface area contributed by atoms with Crippen molar-refractivity contribution in [2.45, 2.75) is 63.1 Å². The molecule has 0 aromatic heterocycles. The first-order valence-corrected chi connectivity index (χ1v) is 16.2. The van der Waals surface area contributed by atoms with Gasteiger partial charge >= 0.3 is 0 Å². The van der Waals surface area contributed by atoms with Crippen molar-refractivity contribution in [3.8, 4) is 5.75 Å². The quantitative estimate of drug-likeness (QED) is 0.271. The molecule has 2 amide bonds.